The van der Waals surface area contributed by atoms with Crippen LogP contribution in [0.15, 0.2) is 42.6 Å². The van der Waals surface area contributed by atoms with Crippen molar-refractivity contribution < 1.29 is 0 Å². The maximum Gasteiger partial charge on any atom is 0.0598 e. The van der Waals surface area contributed by atoms with Crippen LogP contribution in [0.25, 0.3) is 0 Å². The minimum absolute atomic E-state index is 0.591. The van der Waals surface area contributed by atoms with Crippen molar-refractivity contribution in [1.29, 1.82) is 0 Å². The number of pyridine rings is 1. The predicted octanol–water partition coefficient (Wildman–Crippen LogP) is 2.87. The van der Waals surface area contributed by atoms with Crippen molar-refractivity contribution >= 4 is 17.3 Å². The lowest BCUT2D eigenvalue weighted by Gasteiger charge is -2.22. The Morgan fingerprint density at radius 3 is 2.74 bits per heavy atom. The smallest absolute Gasteiger partial charge is 0.0598 e. The molecule has 0 bridgehead atoms. The first-order valence-electron chi connectivity index (χ1n) is 6.31. The van der Waals surface area contributed by atoms with E-state index in [2.05, 4.69) is 16.0 Å². The van der Waals surface area contributed by atoms with E-state index in [4.69, 9.17) is 17.3 Å². The molecule has 1 aromatic heterocycles. The summed E-state index contributed by atoms with van der Waals surface area (Å²) >= 11 is 6.26. The fourth-order valence-corrected chi connectivity index (χ4v) is 2.38. The van der Waals surface area contributed by atoms with Gasteiger partial charge in [0.05, 0.1) is 12.2 Å². The molecule has 0 saturated carbocycles. The van der Waals surface area contributed by atoms with E-state index in [0.29, 0.717) is 6.54 Å². The van der Waals surface area contributed by atoms with E-state index in [9.17, 15) is 0 Å². The Hall–Kier alpha value is -1.58. The van der Waals surface area contributed by atoms with Gasteiger partial charge in [-0.2, -0.15) is 0 Å². The summed E-state index contributed by atoms with van der Waals surface area (Å²) in [6, 6.07) is 11.9. The van der Waals surface area contributed by atoms with E-state index >= 15 is 0 Å². The molecule has 2 N–H and O–H groups in total. The SMILES string of the molecule is CN(Cc1ccccn1)c1cccc(Cl)c1CCN. The van der Waals surface area contributed by atoms with Gasteiger partial charge >= 0.3 is 0 Å². The normalized spacial score (nSPS) is 10.5. The Labute approximate surface area is 119 Å². The molecule has 3 nitrogen and oxygen atoms in total. The molecule has 100 valence electrons. The molecule has 19 heavy (non-hydrogen) atoms. The number of aromatic nitrogens is 1. The molecule has 0 aliphatic rings. The first-order valence-corrected chi connectivity index (χ1v) is 6.68. The number of rotatable bonds is 5. The average Bonchev–Trinajstić information content (AvgIpc) is 2.42. The summed E-state index contributed by atoms with van der Waals surface area (Å²) in [5.74, 6) is 0. The van der Waals surface area contributed by atoms with Gasteiger partial charge in [-0.25, -0.2) is 0 Å². The monoisotopic (exact) mass is 275 g/mol. The maximum atomic E-state index is 6.26. The van der Waals surface area contributed by atoms with Gasteiger partial charge in [0.25, 0.3) is 0 Å². The van der Waals surface area contributed by atoms with E-state index in [0.717, 1.165) is 34.9 Å². The number of halogens is 1. The third-order valence-corrected chi connectivity index (χ3v) is 3.38. The topological polar surface area (TPSA) is 42.2 Å². The second-order valence-corrected chi connectivity index (χ2v) is 4.86. The molecule has 2 rings (SSSR count). The van der Waals surface area contributed by atoms with Gasteiger partial charge in [0.1, 0.15) is 0 Å². The number of anilines is 1. The van der Waals surface area contributed by atoms with Crippen LogP contribution in [-0.4, -0.2) is 18.6 Å². The summed E-state index contributed by atoms with van der Waals surface area (Å²) < 4.78 is 0. The quantitative estimate of drug-likeness (QED) is 0.912. The van der Waals surface area contributed by atoms with Crippen LogP contribution in [0.2, 0.25) is 5.02 Å². The highest BCUT2D eigenvalue weighted by molar-refractivity contribution is 6.31. The Kier molecular flexibility index (Phi) is 4.77. The number of nitrogens with two attached hydrogens (primary N) is 1. The van der Waals surface area contributed by atoms with Gasteiger partial charge < -0.3 is 10.6 Å². The van der Waals surface area contributed by atoms with Crippen molar-refractivity contribution in [3.63, 3.8) is 0 Å². The molecule has 0 saturated heterocycles. The van der Waals surface area contributed by atoms with Crippen LogP contribution >= 0.6 is 11.6 Å². The lowest BCUT2D eigenvalue weighted by Crippen LogP contribution is -2.19. The summed E-state index contributed by atoms with van der Waals surface area (Å²) in [5, 5.41) is 0.774. The zero-order valence-electron chi connectivity index (χ0n) is 11.0. The summed E-state index contributed by atoms with van der Waals surface area (Å²) in [4.78, 5) is 6.49. The molecule has 0 amide bonds. The second-order valence-electron chi connectivity index (χ2n) is 4.45. The third-order valence-electron chi connectivity index (χ3n) is 3.03. The fraction of sp³-hybridized carbons (Fsp3) is 0.267. The first-order chi connectivity index (χ1) is 9.22. The number of benzene rings is 1. The lowest BCUT2D eigenvalue weighted by atomic mass is 10.1. The maximum absolute atomic E-state index is 6.26. The molecular formula is C15H18ClN3. The Morgan fingerprint density at radius 1 is 1.21 bits per heavy atom. The number of hydrogen-bond donors (Lipinski definition) is 1. The van der Waals surface area contributed by atoms with Crippen LogP contribution in [0.5, 0.6) is 0 Å². The van der Waals surface area contributed by atoms with Crippen molar-refractivity contribution in [3.8, 4) is 0 Å². The molecular weight excluding hydrogens is 258 g/mol. The molecule has 4 heteroatoms. The molecule has 0 aliphatic carbocycles. The Bertz CT molecular complexity index is 528. The van der Waals surface area contributed by atoms with Crippen LogP contribution in [0.4, 0.5) is 5.69 Å². The van der Waals surface area contributed by atoms with Gasteiger partial charge in [-0.15, -0.1) is 0 Å². The summed E-state index contributed by atoms with van der Waals surface area (Å²) in [5.41, 5.74) is 8.91. The van der Waals surface area contributed by atoms with Crippen LogP contribution in [0.3, 0.4) is 0 Å². The zero-order chi connectivity index (χ0) is 13.7. The van der Waals surface area contributed by atoms with Crippen molar-refractivity contribution in [2.45, 2.75) is 13.0 Å². The van der Waals surface area contributed by atoms with E-state index in [1.54, 1.807) is 0 Å². The molecule has 1 heterocycles. The number of nitrogens with zero attached hydrogens (tertiary/aromatic N) is 2. The van der Waals surface area contributed by atoms with Gasteiger partial charge in [0, 0.05) is 24.0 Å². The summed E-state index contributed by atoms with van der Waals surface area (Å²) in [7, 11) is 2.04. The minimum Gasteiger partial charge on any atom is -0.368 e. The molecule has 1 aromatic carbocycles. The summed E-state index contributed by atoms with van der Waals surface area (Å²) in [6.45, 7) is 1.34. The van der Waals surface area contributed by atoms with Gasteiger partial charge in [0.15, 0.2) is 0 Å². The molecule has 0 unspecified atom stereocenters. The van der Waals surface area contributed by atoms with Gasteiger partial charge in [0.2, 0.25) is 0 Å². The highest BCUT2D eigenvalue weighted by Gasteiger charge is 2.10. The Morgan fingerprint density at radius 2 is 2.05 bits per heavy atom. The highest BCUT2D eigenvalue weighted by Crippen LogP contribution is 2.27. The molecule has 0 fully saturated rings. The minimum atomic E-state index is 0.591. The fourth-order valence-electron chi connectivity index (χ4n) is 2.12. The molecule has 0 aliphatic heterocycles. The van der Waals surface area contributed by atoms with Crippen molar-refractivity contribution in [2.75, 3.05) is 18.5 Å². The van der Waals surface area contributed by atoms with Gasteiger partial charge in [-0.3, -0.25) is 4.98 Å². The first kappa shape index (κ1) is 13.8. The van der Waals surface area contributed by atoms with E-state index in [1.807, 2.05) is 43.6 Å². The van der Waals surface area contributed by atoms with Crippen LogP contribution in [-0.2, 0) is 13.0 Å². The van der Waals surface area contributed by atoms with Crippen LogP contribution in [0.1, 0.15) is 11.3 Å². The molecule has 0 atom stereocenters. The second kappa shape index (κ2) is 6.55. The summed E-state index contributed by atoms with van der Waals surface area (Å²) in [6.07, 6.45) is 2.59. The third kappa shape index (κ3) is 3.46. The van der Waals surface area contributed by atoms with Crippen LogP contribution < -0.4 is 10.6 Å². The molecule has 0 radical (unpaired) electrons. The number of hydrogen-bond acceptors (Lipinski definition) is 3. The largest absolute Gasteiger partial charge is 0.368 e. The molecule has 2 aromatic rings. The zero-order valence-corrected chi connectivity index (χ0v) is 11.8. The van der Waals surface area contributed by atoms with E-state index in [1.165, 1.54) is 0 Å². The van der Waals surface area contributed by atoms with Crippen molar-refractivity contribution in [2.24, 2.45) is 5.73 Å². The van der Waals surface area contributed by atoms with Crippen molar-refractivity contribution in [3.05, 3.63) is 58.9 Å². The molecule has 0 spiro atoms. The van der Waals surface area contributed by atoms with E-state index in [-0.39, 0.29) is 0 Å². The predicted molar refractivity (Wildman–Crippen MR) is 80.6 cm³/mol. The van der Waals surface area contributed by atoms with Gasteiger partial charge in [-0.05, 0) is 42.8 Å². The average molecular weight is 276 g/mol. The van der Waals surface area contributed by atoms with Crippen LogP contribution in [0, 0.1) is 0 Å². The van der Waals surface area contributed by atoms with Gasteiger partial charge in [-0.1, -0.05) is 23.7 Å². The van der Waals surface area contributed by atoms with E-state index < -0.39 is 0 Å². The highest BCUT2D eigenvalue weighted by atomic mass is 35.5. The Balaban J connectivity index is 2.23. The van der Waals surface area contributed by atoms with Crippen molar-refractivity contribution in [1.82, 2.24) is 4.98 Å². The standard InChI is InChI=1S/C15H18ClN3/c1-19(11-12-5-2-3-10-18-12)15-7-4-6-14(16)13(15)8-9-17/h2-7,10H,8-9,11,17H2,1H3. The lowest BCUT2D eigenvalue weighted by molar-refractivity contribution is 0.866.